The summed E-state index contributed by atoms with van der Waals surface area (Å²) in [7, 11) is 1.58. The quantitative estimate of drug-likeness (QED) is 0.504. The van der Waals surface area contributed by atoms with Crippen molar-refractivity contribution in [1.29, 1.82) is 0 Å². The number of aliphatic imine (C=N–C) groups is 1. The van der Waals surface area contributed by atoms with Crippen LogP contribution in [0.4, 0.5) is 5.69 Å². The number of nitrogens with two attached hydrogens (primary N) is 1. The van der Waals surface area contributed by atoms with E-state index in [-0.39, 0.29) is 11.8 Å². The monoisotopic (exact) mass is 410 g/mol. The van der Waals surface area contributed by atoms with Crippen molar-refractivity contribution < 1.29 is 18.7 Å². The molecular weight excluding hydrogens is 392 g/mol. The van der Waals surface area contributed by atoms with E-state index >= 15 is 0 Å². The van der Waals surface area contributed by atoms with Gasteiger partial charge >= 0.3 is 0 Å². The van der Waals surface area contributed by atoms with Crippen molar-refractivity contribution in [3.8, 4) is 22.9 Å². The average Bonchev–Trinajstić information content (AvgIpc) is 3.17. The van der Waals surface area contributed by atoms with Gasteiger partial charge in [-0.15, -0.1) is 0 Å². The molecule has 1 aliphatic heterocycles. The van der Waals surface area contributed by atoms with Gasteiger partial charge in [0.25, 0.3) is 0 Å². The average molecular weight is 410 g/mol. The fraction of sp³-hybridized carbons (Fsp3) is 0.200. The molecule has 1 aromatic heterocycles. The van der Waals surface area contributed by atoms with Crippen molar-refractivity contribution in [2.24, 2.45) is 10.7 Å². The van der Waals surface area contributed by atoms with Crippen molar-refractivity contribution in [2.45, 2.75) is 13.5 Å². The van der Waals surface area contributed by atoms with Crippen LogP contribution in [0.1, 0.15) is 17.0 Å². The third kappa shape index (κ3) is 3.96. The third-order valence-corrected chi connectivity index (χ3v) is 4.49. The van der Waals surface area contributed by atoms with Gasteiger partial charge in [0.2, 0.25) is 11.7 Å². The molecule has 2 N–H and O–H groups in total. The van der Waals surface area contributed by atoms with Crippen LogP contribution < -0.4 is 15.2 Å². The third-order valence-electron chi connectivity index (χ3n) is 4.30. The molecule has 0 amide bonds. The molecule has 1 aliphatic rings. The highest BCUT2D eigenvalue weighted by Crippen LogP contribution is 2.36. The first-order valence-corrected chi connectivity index (χ1v) is 9.17. The maximum Gasteiger partial charge on any atom is 0.223 e. The highest BCUT2D eigenvalue weighted by atomic mass is 32.1. The second-order valence-corrected chi connectivity index (χ2v) is 6.73. The zero-order valence-corrected chi connectivity index (χ0v) is 16.7. The number of rotatable bonds is 5. The Hall–Kier alpha value is -3.30. The number of thiocarbonyl (C=S) groups is 1. The van der Waals surface area contributed by atoms with E-state index in [1.807, 2.05) is 30.3 Å². The molecule has 0 bridgehead atoms. The Morgan fingerprint density at radius 3 is 2.69 bits per heavy atom. The number of hydrogen-bond donors (Lipinski definition) is 1. The number of benzene rings is 2. The molecule has 8 nitrogen and oxygen atoms in total. The predicted molar refractivity (Wildman–Crippen MR) is 111 cm³/mol. The maximum atomic E-state index is 5.97. The molecule has 2 aromatic carbocycles. The van der Waals surface area contributed by atoms with E-state index in [4.69, 9.17) is 36.7 Å². The van der Waals surface area contributed by atoms with Gasteiger partial charge in [-0.05, 0) is 36.4 Å². The summed E-state index contributed by atoms with van der Waals surface area (Å²) in [5.74, 6) is 2.26. The molecule has 0 saturated heterocycles. The Labute approximate surface area is 172 Å². The number of fused-ring (bicyclic) bond motifs is 1. The highest BCUT2D eigenvalue weighted by Gasteiger charge is 2.20. The lowest BCUT2D eigenvalue weighted by Gasteiger charge is -2.21. The van der Waals surface area contributed by atoms with E-state index in [1.54, 1.807) is 20.1 Å². The number of ether oxygens (including phenoxy) is 3. The topological polar surface area (TPSA) is 105 Å². The Morgan fingerprint density at radius 2 is 2.03 bits per heavy atom. The smallest absolute Gasteiger partial charge is 0.223 e. The van der Waals surface area contributed by atoms with E-state index in [0.29, 0.717) is 41.2 Å². The lowest BCUT2D eigenvalue weighted by Crippen LogP contribution is -2.23. The normalized spacial score (nSPS) is 13.5. The van der Waals surface area contributed by atoms with E-state index in [0.717, 1.165) is 16.7 Å². The van der Waals surface area contributed by atoms with E-state index in [9.17, 15) is 0 Å². The van der Waals surface area contributed by atoms with E-state index < -0.39 is 0 Å². The summed E-state index contributed by atoms with van der Waals surface area (Å²) >= 11 is 5.25. The van der Waals surface area contributed by atoms with Crippen molar-refractivity contribution in [1.82, 2.24) is 10.1 Å². The minimum absolute atomic E-state index is 0.169. The Bertz CT molecular complexity index is 1080. The predicted octanol–water partition coefficient (Wildman–Crippen LogP) is 3.33. The zero-order chi connectivity index (χ0) is 20.4. The molecule has 0 spiro atoms. The van der Waals surface area contributed by atoms with Gasteiger partial charge in [-0.3, -0.25) is 0 Å². The Kier molecular flexibility index (Phi) is 5.24. The number of nitrogens with zero attached hydrogens (tertiary/aromatic N) is 3. The van der Waals surface area contributed by atoms with Crippen LogP contribution in [0, 0.1) is 6.92 Å². The molecule has 4 rings (SSSR count). The van der Waals surface area contributed by atoms with Crippen molar-refractivity contribution >= 4 is 28.6 Å². The molecule has 29 heavy (non-hydrogen) atoms. The molecule has 0 saturated carbocycles. The number of methoxy groups -OCH3 is 1. The van der Waals surface area contributed by atoms with E-state index in [1.165, 1.54) is 0 Å². The number of aryl methyl sites for hydroxylation is 1. The van der Waals surface area contributed by atoms with Crippen LogP contribution in [0.3, 0.4) is 0 Å². The molecule has 0 fully saturated rings. The largest absolute Gasteiger partial charge is 0.493 e. The van der Waals surface area contributed by atoms with Gasteiger partial charge in [0.05, 0.1) is 19.4 Å². The Balaban J connectivity index is 1.71. The molecule has 0 aliphatic carbocycles. The standard InChI is InChI=1S/C20H18N4O4S/c1-11-22-20(24-28-11)12-3-5-15(6-4-12)23-17(19(21)29)13-7-14-9-26-10-27-18(14)16(8-13)25-2/h3-8H,9-10H2,1-2H3,(H2,21,29). The molecular formula is C20H18N4O4S. The van der Waals surface area contributed by atoms with Crippen LogP contribution >= 0.6 is 12.2 Å². The van der Waals surface area contributed by atoms with Gasteiger partial charge < -0.3 is 24.5 Å². The first-order chi connectivity index (χ1) is 14.0. The van der Waals surface area contributed by atoms with Crippen LogP contribution in [0.2, 0.25) is 0 Å². The van der Waals surface area contributed by atoms with Crippen molar-refractivity contribution in [3.63, 3.8) is 0 Å². The highest BCUT2D eigenvalue weighted by molar-refractivity contribution is 7.82. The van der Waals surface area contributed by atoms with Crippen LogP contribution in [-0.2, 0) is 11.3 Å². The summed E-state index contributed by atoms with van der Waals surface area (Å²) < 4.78 is 21.4. The van der Waals surface area contributed by atoms with Crippen LogP contribution in [0.15, 0.2) is 45.9 Å². The van der Waals surface area contributed by atoms with Gasteiger partial charge in [0.1, 0.15) is 10.7 Å². The second-order valence-electron chi connectivity index (χ2n) is 6.29. The fourth-order valence-corrected chi connectivity index (χ4v) is 3.13. The van der Waals surface area contributed by atoms with Gasteiger partial charge in [-0.2, -0.15) is 4.98 Å². The molecule has 0 radical (unpaired) electrons. The summed E-state index contributed by atoms with van der Waals surface area (Å²) in [6, 6.07) is 11.1. The van der Waals surface area contributed by atoms with Gasteiger partial charge in [-0.1, -0.05) is 17.4 Å². The lowest BCUT2D eigenvalue weighted by molar-refractivity contribution is -0.0180. The van der Waals surface area contributed by atoms with Crippen LogP contribution in [0.25, 0.3) is 11.4 Å². The van der Waals surface area contributed by atoms with Crippen molar-refractivity contribution in [3.05, 3.63) is 53.4 Å². The zero-order valence-electron chi connectivity index (χ0n) is 15.8. The van der Waals surface area contributed by atoms with E-state index in [2.05, 4.69) is 15.1 Å². The second kappa shape index (κ2) is 7.98. The molecule has 148 valence electrons. The SMILES string of the molecule is COc1cc(C(=Nc2ccc(-c3noc(C)n3)cc2)C(N)=S)cc2c1OCOC2. The molecule has 0 atom stereocenters. The lowest BCUT2D eigenvalue weighted by atomic mass is 10.0. The van der Waals surface area contributed by atoms with Crippen molar-refractivity contribution in [2.75, 3.05) is 13.9 Å². The molecule has 9 heteroatoms. The minimum atomic E-state index is 0.169. The molecule has 0 unspecified atom stereocenters. The first-order valence-electron chi connectivity index (χ1n) is 8.76. The summed E-state index contributed by atoms with van der Waals surface area (Å²) in [5, 5.41) is 3.91. The molecule has 2 heterocycles. The summed E-state index contributed by atoms with van der Waals surface area (Å²) in [6.07, 6.45) is 0. The fourth-order valence-electron chi connectivity index (χ4n) is 2.96. The minimum Gasteiger partial charge on any atom is -0.493 e. The first kappa shape index (κ1) is 19.0. The van der Waals surface area contributed by atoms with Crippen LogP contribution in [0.5, 0.6) is 11.5 Å². The summed E-state index contributed by atoms with van der Waals surface area (Å²) in [6.45, 7) is 2.33. The number of hydrogen-bond acceptors (Lipinski definition) is 8. The van der Waals surface area contributed by atoms with Gasteiger partial charge in [-0.25, -0.2) is 4.99 Å². The maximum absolute atomic E-state index is 5.97. The number of aromatic nitrogens is 2. The summed E-state index contributed by atoms with van der Waals surface area (Å²) in [5.41, 5.74) is 9.51. The van der Waals surface area contributed by atoms with Gasteiger partial charge in [0.15, 0.2) is 18.3 Å². The Morgan fingerprint density at radius 1 is 1.24 bits per heavy atom. The van der Waals surface area contributed by atoms with Crippen LogP contribution in [-0.4, -0.2) is 34.7 Å². The summed E-state index contributed by atoms with van der Waals surface area (Å²) in [4.78, 5) is 9.03. The van der Waals surface area contributed by atoms with Gasteiger partial charge in [0, 0.05) is 23.6 Å². The molecule has 3 aromatic rings.